The Morgan fingerprint density at radius 2 is 1.83 bits per heavy atom. The molecule has 0 aliphatic heterocycles. The number of nitrogens with one attached hydrogen (secondary N) is 1. The highest BCUT2D eigenvalue weighted by atomic mass is 16.4. The lowest BCUT2D eigenvalue weighted by Crippen LogP contribution is -2.31. The van der Waals surface area contributed by atoms with Gasteiger partial charge in [0.2, 0.25) is 0 Å². The molecule has 0 aliphatic rings. The van der Waals surface area contributed by atoms with Gasteiger partial charge in [-0.25, -0.2) is 0 Å². The third kappa shape index (κ3) is 2.45. The first-order valence-electron chi connectivity index (χ1n) is 5.96. The molecule has 2 aromatic carbocycles. The van der Waals surface area contributed by atoms with Gasteiger partial charge in [-0.1, -0.05) is 36.4 Å². The first-order chi connectivity index (χ1) is 8.50. The summed E-state index contributed by atoms with van der Waals surface area (Å²) in [5, 5.41) is 14.6. The van der Waals surface area contributed by atoms with Crippen LogP contribution < -0.4 is 5.32 Å². The Kier molecular flexibility index (Phi) is 3.24. The van der Waals surface area contributed by atoms with E-state index in [1.807, 2.05) is 42.5 Å². The maximum absolute atomic E-state index is 11.1. The lowest BCUT2D eigenvalue weighted by molar-refractivity contribution is -0.146. The molecule has 0 aliphatic carbocycles. The van der Waals surface area contributed by atoms with Gasteiger partial charge in [0.25, 0.3) is 0 Å². The highest BCUT2D eigenvalue weighted by molar-refractivity contribution is 5.93. The monoisotopic (exact) mass is 243 g/mol. The van der Waals surface area contributed by atoms with Crippen molar-refractivity contribution in [2.24, 2.45) is 5.41 Å². The molecule has 0 atom stereocenters. The fraction of sp³-hybridized carbons (Fsp3) is 0.267. The molecule has 0 spiro atoms. The molecular weight excluding hydrogens is 226 g/mol. The van der Waals surface area contributed by atoms with E-state index in [4.69, 9.17) is 5.11 Å². The zero-order chi connectivity index (χ0) is 13.2. The lowest BCUT2D eigenvalue weighted by Gasteiger charge is -2.21. The summed E-state index contributed by atoms with van der Waals surface area (Å²) in [4.78, 5) is 11.1. The summed E-state index contributed by atoms with van der Waals surface area (Å²) in [6.45, 7) is 3.83. The SMILES string of the molecule is CC(C)(CNc1cccc2ccccc12)C(=O)O. The maximum atomic E-state index is 11.1. The summed E-state index contributed by atoms with van der Waals surface area (Å²) in [6.07, 6.45) is 0. The van der Waals surface area contributed by atoms with Crippen LogP contribution in [-0.4, -0.2) is 17.6 Å². The van der Waals surface area contributed by atoms with Gasteiger partial charge in [0.15, 0.2) is 0 Å². The Morgan fingerprint density at radius 1 is 1.17 bits per heavy atom. The molecule has 3 heteroatoms. The second kappa shape index (κ2) is 4.69. The van der Waals surface area contributed by atoms with Crippen LogP contribution in [0.25, 0.3) is 10.8 Å². The number of rotatable bonds is 4. The van der Waals surface area contributed by atoms with E-state index in [2.05, 4.69) is 5.32 Å². The zero-order valence-electron chi connectivity index (χ0n) is 10.6. The average Bonchev–Trinajstić information content (AvgIpc) is 2.36. The Morgan fingerprint density at radius 3 is 2.56 bits per heavy atom. The summed E-state index contributed by atoms with van der Waals surface area (Å²) >= 11 is 0. The largest absolute Gasteiger partial charge is 0.481 e. The molecule has 2 N–H and O–H groups in total. The van der Waals surface area contributed by atoms with Crippen LogP contribution in [0.3, 0.4) is 0 Å². The van der Waals surface area contributed by atoms with Gasteiger partial charge < -0.3 is 10.4 Å². The molecule has 0 radical (unpaired) electrons. The fourth-order valence-electron chi connectivity index (χ4n) is 1.77. The molecule has 0 fully saturated rings. The molecule has 0 saturated heterocycles. The summed E-state index contributed by atoms with van der Waals surface area (Å²) in [5.74, 6) is -0.796. The Bertz CT molecular complexity index is 570. The van der Waals surface area contributed by atoms with Crippen molar-refractivity contribution in [2.75, 3.05) is 11.9 Å². The van der Waals surface area contributed by atoms with Crippen LogP contribution in [0, 0.1) is 5.41 Å². The summed E-state index contributed by atoms with van der Waals surface area (Å²) in [7, 11) is 0. The van der Waals surface area contributed by atoms with Crippen molar-refractivity contribution in [2.45, 2.75) is 13.8 Å². The van der Waals surface area contributed by atoms with Crippen LogP contribution >= 0.6 is 0 Å². The van der Waals surface area contributed by atoms with Gasteiger partial charge in [-0.3, -0.25) is 4.79 Å². The van der Waals surface area contributed by atoms with Crippen molar-refractivity contribution in [3.05, 3.63) is 42.5 Å². The smallest absolute Gasteiger partial charge is 0.310 e. The van der Waals surface area contributed by atoms with Gasteiger partial charge in [-0.05, 0) is 25.3 Å². The summed E-state index contributed by atoms with van der Waals surface area (Å²) in [6, 6.07) is 14.0. The van der Waals surface area contributed by atoms with Crippen LogP contribution in [0.5, 0.6) is 0 Å². The van der Waals surface area contributed by atoms with Gasteiger partial charge in [-0.15, -0.1) is 0 Å². The molecule has 18 heavy (non-hydrogen) atoms. The van der Waals surface area contributed by atoms with E-state index in [9.17, 15) is 4.79 Å². The minimum Gasteiger partial charge on any atom is -0.481 e. The Balaban J connectivity index is 2.25. The number of carboxylic acid groups (broad SMARTS) is 1. The molecule has 0 heterocycles. The molecule has 0 aromatic heterocycles. The number of aliphatic carboxylic acids is 1. The van der Waals surface area contributed by atoms with Gasteiger partial charge in [0, 0.05) is 17.6 Å². The Hall–Kier alpha value is -2.03. The predicted octanol–water partition coefficient (Wildman–Crippen LogP) is 3.36. The third-order valence-corrected chi connectivity index (χ3v) is 3.09. The number of anilines is 1. The minimum atomic E-state index is -0.796. The molecular formula is C15H17NO2. The number of hydrogen-bond donors (Lipinski definition) is 2. The quantitative estimate of drug-likeness (QED) is 0.865. The van der Waals surface area contributed by atoms with Crippen molar-refractivity contribution >= 4 is 22.4 Å². The predicted molar refractivity (Wildman–Crippen MR) is 73.9 cm³/mol. The second-order valence-electron chi connectivity index (χ2n) is 5.07. The van der Waals surface area contributed by atoms with E-state index in [0.717, 1.165) is 16.5 Å². The van der Waals surface area contributed by atoms with Crippen molar-refractivity contribution in [3.63, 3.8) is 0 Å². The van der Waals surface area contributed by atoms with Gasteiger partial charge in [0.1, 0.15) is 0 Å². The van der Waals surface area contributed by atoms with Gasteiger partial charge in [0.05, 0.1) is 5.41 Å². The van der Waals surface area contributed by atoms with Crippen LogP contribution in [-0.2, 0) is 4.79 Å². The van der Waals surface area contributed by atoms with Gasteiger partial charge >= 0.3 is 5.97 Å². The molecule has 0 saturated carbocycles. The highest BCUT2D eigenvalue weighted by Gasteiger charge is 2.26. The third-order valence-electron chi connectivity index (χ3n) is 3.09. The van der Waals surface area contributed by atoms with Crippen molar-refractivity contribution in [3.8, 4) is 0 Å². The lowest BCUT2D eigenvalue weighted by atomic mass is 9.93. The number of carbonyl (C=O) groups is 1. The molecule has 0 bridgehead atoms. The average molecular weight is 243 g/mol. The van der Waals surface area contributed by atoms with E-state index in [1.165, 1.54) is 0 Å². The van der Waals surface area contributed by atoms with E-state index in [-0.39, 0.29) is 0 Å². The van der Waals surface area contributed by atoms with E-state index < -0.39 is 11.4 Å². The van der Waals surface area contributed by atoms with Crippen LogP contribution in [0.15, 0.2) is 42.5 Å². The Labute approximate surface area is 106 Å². The second-order valence-corrected chi connectivity index (χ2v) is 5.07. The molecule has 3 nitrogen and oxygen atoms in total. The number of hydrogen-bond acceptors (Lipinski definition) is 2. The minimum absolute atomic E-state index is 0.399. The van der Waals surface area contributed by atoms with Gasteiger partial charge in [-0.2, -0.15) is 0 Å². The summed E-state index contributed by atoms with van der Waals surface area (Å²) < 4.78 is 0. The first-order valence-corrected chi connectivity index (χ1v) is 5.96. The number of carboxylic acids is 1. The summed E-state index contributed by atoms with van der Waals surface area (Å²) in [5.41, 5.74) is 0.194. The zero-order valence-corrected chi connectivity index (χ0v) is 10.6. The molecule has 2 aromatic rings. The molecule has 2 rings (SSSR count). The first kappa shape index (κ1) is 12.4. The van der Waals surface area contributed by atoms with E-state index in [1.54, 1.807) is 13.8 Å². The van der Waals surface area contributed by atoms with E-state index in [0.29, 0.717) is 6.54 Å². The molecule has 94 valence electrons. The fourth-order valence-corrected chi connectivity index (χ4v) is 1.77. The highest BCUT2D eigenvalue weighted by Crippen LogP contribution is 2.24. The molecule has 0 unspecified atom stereocenters. The number of fused-ring (bicyclic) bond motifs is 1. The molecule has 0 amide bonds. The van der Waals surface area contributed by atoms with Crippen LogP contribution in [0.1, 0.15) is 13.8 Å². The van der Waals surface area contributed by atoms with E-state index >= 15 is 0 Å². The van der Waals surface area contributed by atoms with Crippen molar-refractivity contribution in [1.29, 1.82) is 0 Å². The van der Waals surface area contributed by atoms with Crippen LogP contribution in [0.4, 0.5) is 5.69 Å². The topological polar surface area (TPSA) is 49.3 Å². The van der Waals surface area contributed by atoms with Crippen LogP contribution in [0.2, 0.25) is 0 Å². The van der Waals surface area contributed by atoms with Crippen molar-refractivity contribution in [1.82, 2.24) is 0 Å². The number of benzene rings is 2. The standard InChI is InChI=1S/C15H17NO2/c1-15(2,14(17)18)10-16-13-9-5-7-11-6-3-4-8-12(11)13/h3-9,16H,10H2,1-2H3,(H,17,18). The maximum Gasteiger partial charge on any atom is 0.310 e. The normalized spacial score (nSPS) is 11.4. The van der Waals surface area contributed by atoms with Crippen molar-refractivity contribution < 1.29 is 9.90 Å².